The number of aromatic nitrogens is 3. The molecule has 1 aromatic carbocycles. The van der Waals surface area contributed by atoms with Gasteiger partial charge in [0.05, 0.1) is 12.7 Å². The average molecular weight is 384 g/mol. The molecule has 1 saturated heterocycles. The van der Waals surface area contributed by atoms with Crippen LogP contribution >= 0.6 is 0 Å². The first-order valence-electron chi connectivity index (χ1n) is 9.59. The summed E-state index contributed by atoms with van der Waals surface area (Å²) in [7, 11) is 0. The van der Waals surface area contributed by atoms with Crippen molar-refractivity contribution in [2.45, 2.75) is 40.0 Å². The number of fused-ring (bicyclic) bond motifs is 1. The summed E-state index contributed by atoms with van der Waals surface area (Å²) in [6.45, 7) is 7.45. The summed E-state index contributed by atoms with van der Waals surface area (Å²) in [5.41, 5.74) is 5.03. The molecule has 1 aliphatic heterocycles. The zero-order valence-corrected chi connectivity index (χ0v) is 16.5. The average Bonchev–Trinajstić information content (AvgIpc) is 2.99. The monoisotopic (exact) mass is 384 g/mol. The number of nitrogens with one attached hydrogen (secondary N) is 1. The summed E-state index contributed by atoms with van der Waals surface area (Å²) in [4.78, 5) is 19.6. The van der Waals surface area contributed by atoms with Crippen LogP contribution in [0, 0.1) is 13.8 Å². The third-order valence-corrected chi connectivity index (χ3v) is 5.54. The van der Waals surface area contributed by atoms with Crippen LogP contribution in [0.3, 0.4) is 0 Å². The van der Waals surface area contributed by atoms with E-state index in [0.29, 0.717) is 43.1 Å². The molecule has 0 amide bonds. The number of aromatic amines is 1. The first-order chi connectivity index (χ1) is 13.5. The fraction of sp³-hybridized carbons (Fsp3) is 0.429. The second-order valence-electron chi connectivity index (χ2n) is 7.47. The van der Waals surface area contributed by atoms with Gasteiger partial charge in [-0.25, -0.2) is 13.9 Å². The number of hydrogen-bond donors (Lipinski definition) is 1. The zero-order chi connectivity index (χ0) is 19.8. The molecule has 1 fully saturated rings. The molecule has 3 aromatic rings. The third kappa shape index (κ3) is 3.30. The number of nitrogens with zero attached hydrogens (tertiary/aromatic N) is 3. The van der Waals surface area contributed by atoms with Crippen molar-refractivity contribution in [1.29, 1.82) is 0 Å². The predicted molar refractivity (Wildman–Crippen MR) is 107 cm³/mol. The van der Waals surface area contributed by atoms with Gasteiger partial charge >= 0.3 is 0 Å². The summed E-state index contributed by atoms with van der Waals surface area (Å²) < 4.78 is 20.3. The molecule has 3 heterocycles. The van der Waals surface area contributed by atoms with Crippen LogP contribution in [0.5, 0.6) is 0 Å². The van der Waals surface area contributed by atoms with E-state index in [-0.39, 0.29) is 11.7 Å². The van der Waals surface area contributed by atoms with Crippen LogP contribution in [0.1, 0.15) is 34.9 Å². The van der Waals surface area contributed by atoms with E-state index in [2.05, 4.69) is 10.00 Å². The van der Waals surface area contributed by atoms with Gasteiger partial charge in [-0.3, -0.25) is 9.89 Å². The predicted octanol–water partition coefficient (Wildman–Crippen LogP) is 2.92. The SMILES string of the molecule is Cc1[nH]n2c(=O)cc(N3CCOC(C)C3)nc2c1Cc1cccc(CF)c1C. The van der Waals surface area contributed by atoms with E-state index in [0.717, 1.165) is 22.4 Å². The maximum Gasteiger partial charge on any atom is 0.274 e. The molecule has 0 aliphatic carbocycles. The molecule has 1 N–H and O–H groups in total. The number of H-pyrrole nitrogens is 1. The second-order valence-corrected chi connectivity index (χ2v) is 7.47. The van der Waals surface area contributed by atoms with E-state index in [9.17, 15) is 9.18 Å². The Morgan fingerprint density at radius 3 is 2.86 bits per heavy atom. The molecular weight excluding hydrogens is 359 g/mol. The molecule has 2 aromatic heterocycles. The van der Waals surface area contributed by atoms with Gasteiger partial charge in [-0.05, 0) is 37.5 Å². The lowest BCUT2D eigenvalue weighted by atomic mass is 9.97. The highest BCUT2D eigenvalue weighted by Crippen LogP contribution is 2.23. The molecule has 0 bridgehead atoms. The number of morpholine rings is 1. The summed E-state index contributed by atoms with van der Waals surface area (Å²) in [6, 6.07) is 7.26. The summed E-state index contributed by atoms with van der Waals surface area (Å²) in [5, 5.41) is 3.13. The topological polar surface area (TPSA) is 62.6 Å². The van der Waals surface area contributed by atoms with Crippen LogP contribution in [0.25, 0.3) is 5.65 Å². The molecule has 28 heavy (non-hydrogen) atoms. The Morgan fingerprint density at radius 2 is 2.11 bits per heavy atom. The lowest BCUT2D eigenvalue weighted by Gasteiger charge is -2.31. The minimum Gasteiger partial charge on any atom is -0.375 e. The van der Waals surface area contributed by atoms with E-state index in [4.69, 9.17) is 9.72 Å². The van der Waals surface area contributed by atoms with Gasteiger partial charge in [-0.1, -0.05) is 18.2 Å². The van der Waals surface area contributed by atoms with E-state index in [1.54, 1.807) is 12.1 Å². The molecule has 1 aliphatic rings. The van der Waals surface area contributed by atoms with Crippen LogP contribution in [-0.2, 0) is 17.8 Å². The van der Waals surface area contributed by atoms with E-state index in [1.807, 2.05) is 32.9 Å². The van der Waals surface area contributed by atoms with Gasteiger partial charge in [0, 0.05) is 36.8 Å². The normalized spacial score (nSPS) is 17.4. The minimum atomic E-state index is -0.483. The summed E-state index contributed by atoms with van der Waals surface area (Å²) >= 11 is 0. The molecule has 7 heteroatoms. The van der Waals surface area contributed by atoms with E-state index >= 15 is 0 Å². The largest absolute Gasteiger partial charge is 0.375 e. The van der Waals surface area contributed by atoms with Crippen LogP contribution in [0.4, 0.5) is 10.2 Å². The number of ether oxygens (including phenoxy) is 1. The maximum absolute atomic E-state index is 13.2. The summed E-state index contributed by atoms with van der Waals surface area (Å²) in [6.07, 6.45) is 0.695. The Bertz CT molecular complexity index is 1070. The minimum absolute atomic E-state index is 0.104. The molecule has 0 spiro atoms. The van der Waals surface area contributed by atoms with Crippen LogP contribution in [-0.4, -0.2) is 40.4 Å². The van der Waals surface area contributed by atoms with Crippen LogP contribution < -0.4 is 10.5 Å². The molecule has 4 rings (SSSR count). The number of rotatable bonds is 4. The van der Waals surface area contributed by atoms with Crippen molar-refractivity contribution >= 4 is 11.5 Å². The molecule has 1 unspecified atom stereocenters. The second kappa shape index (κ2) is 7.39. The quantitative estimate of drug-likeness (QED) is 0.751. The van der Waals surface area contributed by atoms with Crippen molar-refractivity contribution in [3.8, 4) is 0 Å². The standard InChI is InChI=1S/C21H25FN4O2/c1-13-12-25(7-8-28-13)19-10-20(27)26-21(23-19)18(15(3)24-26)9-16-5-4-6-17(11-22)14(16)2/h4-6,10,13,24H,7-9,11-12H2,1-3H3. The molecular formula is C21H25FN4O2. The van der Waals surface area contributed by atoms with Crippen LogP contribution in [0.15, 0.2) is 29.1 Å². The number of aryl methyl sites for hydroxylation is 1. The molecule has 148 valence electrons. The van der Waals surface area contributed by atoms with Gasteiger partial charge in [0.1, 0.15) is 12.5 Å². The smallest absolute Gasteiger partial charge is 0.274 e. The maximum atomic E-state index is 13.2. The Morgan fingerprint density at radius 1 is 1.32 bits per heavy atom. The number of alkyl halides is 1. The number of benzene rings is 1. The molecule has 6 nitrogen and oxygen atoms in total. The Labute approximate surface area is 162 Å². The van der Waals surface area contributed by atoms with Crippen molar-refractivity contribution < 1.29 is 9.13 Å². The van der Waals surface area contributed by atoms with Crippen molar-refractivity contribution in [1.82, 2.24) is 14.6 Å². The van der Waals surface area contributed by atoms with Crippen molar-refractivity contribution in [3.05, 3.63) is 62.6 Å². The summed E-state index contributed by atoms with van der Waals surface area (Å²) in [5.74, 6) is 0.676. The fourth-order valence-electron chi connectivity index (χ4n) is 3.85. The highest BCUT2D eigenvalue weighted by molar-refractivity contribution is 5.57. The first kappa shape index (κ1) is 18.7. The van der Waals surface area contributed by atoms with Gasteiger partial charge < -0.3 is 9.64 Å². The third-order valence-electron chi connectivity index (χ3n) is 5.54. The fourth-order valence-corrected chi connectivity index (χ4v) is 3.85. The number of anilines is 1. The molecule has 1 atom stereocenters. The van der Waals surface area contributed by atoms with Crippen molar-refractivity contribution in [3.63, 3.8) is 0 Å². The molecule has 0 radical (unpaired) electrons. The van der Waals surface area contributed by atoms with Crippen LogP contribution in [0.2, 0.25) is 0 Å². The van der Waals surface area contributed by atoms with Gasteiger partial charge in [0.2, 0.25) is 0 Å². The van der Waals surface area contributed by atoms with Crippen molar-refractivity contribution in [2.75, 3.05) is 24.6 Å². The first-order valence-corrected chi connectivity index (χ1v) is 9.59. The molecule has 0 saturated carbocycles. The highest BCUT2D eigenvalue weighted by Gasteiger charge is 2.21. The van der Waals surface area contributed by atoms with Gasteiger partial charge in [0.25, 0.3) is 5.56 Å². The van der Waals surface area contributed by atoms with Gasteiger partial charge in [-0.2, -0.15) is 0 Å². The Kier molecular flexibility index (Phi) is 4.93. The number of hydrogen-bond acceptors (Lipinski definition) is 4. The van der Waals surface area contributed by atoms with Gasteiger partial charge in [0.15, 0.2) is 5.65 Å². The number of halogens is 1. The Hall–Kier alpha value is -2.67. The van der Waals surface area contributed by atoms with E-state index in [1.165, 1.54) is 4.52 Å². The lowest BCUT2D eigenvalue weighted by Crippen LogP contribution is -2.42. The van der Waals surface area contributed by atoms with Crippen molar-refractivity contribution in [2.24, 2.45) is 0 Å². The zero-order valence-electron chi connectivity index (χ0n) is 16.5. The van der Waals surface area contributed by atoms with Gasteiger partial charge in [-0.15, -0.1) is 0 Å². The Balaban J connectivity index is 1.78. The highest BCUT2D eigenvalue weighted by atomic mass is 19.1. The van der Waals surface area contributed by atoms with E-state index < -0.39 is 6.67 Å². The lowest BCUT2D eigenvalue weighted by molar-refractivity contribution is 0.0529.